The molecule has 1 aliphatic rings. The molecule has 0 aliphatic carbocycles. The molecule has 1 aromatic rings. The molecular weight excluding hydrogens is 270 g/mol. The van der Waals surface area contributed by atoms with Crippen LogP contribution in [0.4, 0.5) is 5.69 Å². The van der Waals surface area contributed by atoms with E-state index in [1.165, 1.54) is 0 Å². The van der Waals surface area contributed by atoms with Gasteiger partial charge < -0.3 is 14.2 Å². The Morgan fingerprint density at radius 3 is 2.24 bits per heavy atom. The molecular formula is C16H21NO4. The maximum atomic E-state index is 11.8. The van der Waals surface area contributed by atoms with Crippen LogP contribution in [0.1, 0.15) is 27.7 Å². The van der Waals surface area contributed by atoms with Gasteiger partial charge in [-0.15, -0.1) is 0 Å². The van der Waals surface area contributed by atoms with E-state index in [9.17, 15) is 4.79 Å². The summed E-state index contributed by atoms with van der Waals surface area (Å²) in [6.07, 6.45) is -1.28. The number of ether oxygens (including phenoxy) is 3. The maximum Gasteiger partial charge on any atom is 0.338 e. The summed E-state index contributed by atoms with van der Waals surface area (Å²) < 4.78 is 16.2. The fraction of sp³-hybridized carbons (Fsp3) is 0.500. The first-order valence-electron chi connectivity index (χ1n) is 7.13. The second-order valence-corrected chi connectivity index (χ2v) is 5.42. The molecule has 1 aliphatic heterocycles. The van der Waals surface area contributed by atoms with E-state index in [4.69, 9.17) is 14.2 Å². The molecule has 1 fully saturated rings. The molecule has 0 saturated carbocycles. The summed E-state index contributed by atoms with van der Waals surface area (Å²) in [6, 6.07) is 9.44. The van der Waals surface area contributed by atoms with Gasteiger partial charge in [-0.05, 0) is 39.8 Å². The summed E-state index contributed by atoms with van der Waals surface area (Å²) in [5, 5.41) is 0. The number of carbonyl (C=O) groups excluding carboxylic acids is 1. The highest BCUT2D eigenvalue weighted by molar-refractivity contribution is 5.94. The van der Waals surface area contributed by atoms with Crippen LogP contribution in [0, 0.1) is 0 Å². The van der Waals surface area contributed by atoms with Crippen molar-refractivity contribution >= 4 is 17.6 Å². The quantitative estimate of drug-likeness (QED) is 0.362. The standard InChI is InChI=1S/C16H21NO4/c1-10(2)19-15(17-12-8-6-5-7-9-12)13-14(21-13)16(18)20-11(3)4/h5-11,13-14H,1-4H3. The lowest BCUT2D eigenvalue weighted by Gasteiger charge is -2.11. The van der Waals surface area contributed by atoms with Gasteiger partial charge in [-0.1, -0.05) is 18.2 Å². The average molecular weight is 291 g/mol. The fourth-order valence-corrected chi connectivity index (χ4v) is 1.81. The zero-order valence-corrected chi connectivity index (χ0v) is 12.8. The van der Waals surface area contributed by atoms with Gasteiger partial charge in [0.25, 0.3) is 0 Å². The Balaban J connectivity index is 2.09. The molecule has 1 saturated heterocycles. The Morgan fingerprint density at radius 2 is 1.67 bits per heavy atom. The maximum absolute atomic E-state index is 11.8. The van der Waals surface area contributed by atoms with Crippen molar-refractivity contribution < 1.29 is 19.0 Å². The normalized spacial score (nSPS) is 21.5. The molecule has 0 amide bonds. The van der Waals surface area contributed by atoms with Gasteiger partial charge in [0.05, 0.1) is 17.9 Å². The van der Waals surface area contributed by atoms with Crippen LogP contribution < -0.4 is 0 Å². The van der Waals surface area contributed by atoms with Gasteiger partial charge in [0.1, 0.15) is 0 Å². The molecule has 1 heterocycles. The molecule has 21 heavy (non-hydrogen) atoms. The molecule has 5 heteroatoms. The Hall–Kier alpha value is -1.88. The van der Waals surface area contributed by atoms with Crippen molar-refractivity contribution in [3.8, 4) is 0 Å². The van der Waals surface area contributed by atoms with Crippen molar-refractivity contribution in [3.63, 3.8) is 0 Å². The number of esters is 1. The first-order chi connectivity index (χ1) is 9.97. The summed E-state index contributed by atoms with van der Waals surface area (Å²) in [5.41, 5.74) is 0.764. The average Bonchev–Trinajstić information content (AvgIpc) is 3.18. The van der Waals surface area contributed by atoms with Crippen molar-refractivity contribution in [3.05, 3.63) is 30.3 Å². The predicted molar refractivity (Wildman–Crippen MR) is 79.6 cm³/mol. The minimum absolute atomic E-state index is 0.0431. The van der Waals surface area contributed by atoms with Gasteiger partial charge in [-0.25, -0.2) is 9.79 Å². The summed E-state index contributed by atoms with van der Waals surface area (Å²) in [6.45, 7) is 7.42. The van der Waals surface area contributed by atoms with Gasteiger partial charge in [-0.2, -0.15) is 0 Å². The number of rotatable bonds is 5. The summed E-state index contributed by atoms with van der Waals surface area (Å²) >= 11 is 0. The monoisotopic (exact) mass is 291 g/mol. The van der Waals surface area contributed by atoms with E-state index in [1.54, 1.807) is 13.8 Å². The van der Waals surface area contributed by atoms with Crippen molar-refractivity contribution in [2.75, 3.05) is 0 Å². The molecule has 0 aromatic heterocycles. The Bertz CT molecular complexity index is 510. The summed E-state index contributed by atoms with van der Waals surface area (Å²) in [4.78, 5) is 16.2. The SMILES string of the molecule is CC(C)OC(=O)C1OC1C(=Nc1ccccc1)OC(C)C. The van der Waals surface area contributed by atoms with Crippen molar-refractivity contribution in [2.45, 2.75) is 52.1 Å². The molecule has 0 N–H and O–H groups in total. The molecule has 2 unspecified atom stereocenters. The van der Waals surface area contributed by atoms with E-state index in [0.717, 1.165) is 5.69 Å². The molecule has 1 aromatic carbocycles. The van der Waals surface area contributed by atoms with E-state index in [1.807, 2.05) is 44.2 Å². The zero-order chi connectivity index (χ0) is 15.4. The van der Waals surface area contributed by atoms with Crippen LogP contribution in [0.15, 0.2) is 35.3 Å². The number of hydrogen-bond acceptors (Lipinski definition) is 5. The van der Waals surface area contributed by atoms with Crippen molar-refractivity contribution in [1.82, 2.24) is 0 Å². The third-order valence-electron chi connectivity index (χ3n) is 2.67. The van der Waals surface area contributed by atoms with Gasteiger partial charge in [0.2, 0.25) is 5.90 Å². The topological polar surface area (TPSA) is 60.4 Å². The Kier molecular flexibility index (Phi) is 4.96. The lowest BCUT2D eigenvalue weighted by Crippen LogP contribution is -2.24. The minimum atomic E-state index is -0.617. The molecule has 114 valence electrons. The van der Waals surface area contributed by atoms with Crippen LogP contribution in [0.25, 0.3) is 0 Å². The number of aliphatic imine (C=N–C) groups is 1. The van der Waals surface area contributed by atoms with Crippen molar-refractivity contribution in [2.24, 2.45) is 4.99 Å². The largest absolute Gasteiger partial charge is 0.476 e. The van der Waals surface area contributed by atoms with Gasteiger partial charge in [-0.3, -0.25) is 0 Å². The van der Waals surface area contributed by atoms with Crippen LogP contribution in [0.3, 0.4) is 0 Å². The fourth-order valence-electron chi connectivity index (χ4n) is 1.81. The van der Waals surface area contributed by atoms with E-state index >= 15 is 0 Å². The molecule has 2 atom stereocenters. The number of nitrogens with zero attached hydrogens (tertiary/aromatic N) is 1. The van der Waals surface area contributed by atoms with E-state index < -0.39 is 12.2 Å². The lowest BCUT2D eigenvalue weighted by atomic mass is 10.3. The third kappa shape index (κ3) is 4.56. The smallest absolute Gasteiger partial charge is 0.338 e. The van der Waals surface area contributed by atoms with Gasteiger partial charge >= 0.3 is 5.97 Å². The first-order valence-corrected chi connectivity index (χ1v) is 7.13. The van der Waals surface area contributed by atoms with Crippen LogP contribution in [-0.4, -0.2) is 36.3 Å². The number of para-hydroxylation sites is 1. The molecule has 5 nitrogen and oxygen atoms in total. The summed E-state index contributed by atoms with van der Waals surface area (Å²) in [5.74, 6) is 0.0463. The van der Waals surface area contributed by atoms with Crippen LogP contribution in [0.2, 0.25) is 0 Å². The lowest BCUT2D eigenvalue weighted by molar-refractivity contribution is -0.148. The number of hydrogen-bond donors (Lipinski definition) is 0. The van der Waals surface area contributed by atoms with E-state index in [2.05, 4.69) is 4.99 Å². The minimum Gasteiger partial charge on any atom is -0.476 e. The number of epoxide rings is 1. The molecule has 2 rings (SSSR count). The first kappa shape index (κ1) is 15.5. The third-order valence-corrected chi connectivity index (χ3v) is 2.67. The van der Waals surface area contributed by atoms with Crippen LogP contribution in [-0.2, 0) is 19.0 Å². The predicted octanol–water partition coefficient (Wildman–Crippen LogP) is 2.86. The Labute approximate surface area is 124 Å². The Morgan fingerprint density at radius 1 is 1.05 bits per heavy atom. The number of carbonyl (C=O) groups is 1. The van der Waals surface area contributed by atoms with E-state index in [0.29, 0.717) is 5.90 Å². The van der Waals surface area contributed by atoms with Crippen LogP contribution >= 0.6 is 0 Å². The summed E-state index contributed by atoms with van der Waals surface area (Å²) in [7, 11) is 0. The van der Waals surface area contributed by atoms with E-state index in [-0.39, 0.29) is 18.2 Å². The van der Waals surface area contributed by atoms with Gasteiger partial charge in [0.15, 0.2) is 12.2 Å². The van der Waals surface area contributed by atoms with Crippen LogP contribution in [0.5, 0.6) is 0 Å². The molecule has 0 bridgehead atoms. The highest BCUT2D eigenvalue weighted by Crippen LogP contribution is 2.28. The zero-order valence-electron chi connectivity index (χ0n) is 12.8. The highest BCUT2D eigenvalue weighted by Gasteiger charge is 2.51. The van der Waals surface area contributed by atoms with Crippen molar-refractivity contribution in [1.29, 1.82) is 0 Å². The molecule has 0 spiro atoms. The van der Waals surface area contributed by atoms with Gasteiger partial charge in [0, 0.05) is 0 Å². The number of benzene rings is 1. The second kappa shape index (κ2) is 6.72. The second-order valence-electron chi connectivity index (χ2n) is 5.42. The highest BCUT2D eigenvalue weighted by atomic mass is 16.7. The molecule has 0 radical (unpaired) electrons.